The van der Waals surface area contributed by atoms with Gasteiger partial charge in [-0.3, -0.25) is 9.36 Å². The normalized spacial score (nSPS) is 15.0. The van der Waals surface area contributed by atoms with Crippen LogP contribution in [0.15, 0.2) is 50.5 Å². The van der Waals surface area contributed by atoms with Crippen LogP contribution in [0.5, 0.6) is 5.75 Å². The van der Waals surface area contributed by atoms with E-state index in [9.17, 15) is 22.4 Å². The third-order valence-electron chi connectivity index (χ3n) is 5.12. The number of rotatable bonds is 6. The van der Waals surface area contributed by atoms with Crippen LogP contribution in [-0.2, 0) is 16.6 Å². The van der Waals surface area contributed by atoms with Gasteiger partial charge in [0.2, 0.25) is 10.0 Å². The van der Waals surface area contributed by atoms with Crippen molar-refractivity contribution in [2.75, 3.05) is 20.2 Å². The fourth-order valence-corrected chi connectivity index (χ4v) is 5.04. The van der Waals surface area contributed by atoms with Gasteiger partial charge in [0.25, 0.3) is 0 Å². The Morgan fingerprint density at radius 1 is 1.17 bits per heavy atom. The molecule has 0 saturated carbocycles. The fraction of sp³-hybridized carbons (Fsp3) is 0.300. The lowest BCUT2D eigenvalue weighted by atomic mass is 10.1. The first-order chi connectivity index (χ1) is 14.3. The standard InChI is InChI=1S/C20H19FN2O6S/c1-28-18-7-4-13(10-15(18)21)17(24)12-23-16-6-5-14(11-19(16)29-20(23)25)30(26,27)22-8-2-3-9-22/h4-7,10-11H,2-3,8-9,12H2,1H3. The zero-order valence-electron chi connectivity index (χ0n) is 16.1. The van der Waals surface area contributed by atoms with Crippen LogP contribution in [0.25, 0.3) is 11.1 Å². The van der Waals surface area contributed by atoms with Crippen molar-refractivity contribution < 1.29 is 26.8 Å². The van der Waals surface area contributed by atoms with Crippen LogP contribution in [0.4, 0.5) is 4.39 Å². The molecule has 0 bridgehead atoms. The molecule has 10 heteroatoms. The first kappa shape index (κ1) is 20.3. The number of hydrogen-bond acceptors (Lipinski definition) is 6. The number of Topliss-reactive ketones (excluding diaryl/α,β-unsaturated/α-hetero) is 1. The van der Waals surface area contributed by atoms with Crippen molar-refractivity contribution in [1.29, 1.82) is 0 Å². The number of ketones is 1. The van der Waals surface area contributed by atoms with Crippen molar-refractivity contribution in [1.82, 2.24) is 8.87 Å². The van der Waals surface area contributed by atoms with E-state index >= 15 is 0 Å². The minimum Gasteiger partial charge on any atom is -0.494 e. The number of nitrogens with zero attached hydrogens (tertiary/aromatic N) is 2. The highest BCUT2D eigenvalue weighted by atomic mass is 32.2. The van der Waals surface area contributed by atoms with E-state index in [0.717, 1.165) is 23.5 Å². The number of carbonyl (C=O) groups is 1. The van der Waals surface area contributed by atoms with Gasteiger partial charge >= 0.3 is 5.76 Å². The molecular formula is C20H19FN2O6S. The summed E-state index contributed by atoms with van der Waals surface area (Å²) in [6.07, 6.45) is 1.61. The van der Waals surface area contributed by atoms with E-state index in [1.54, 1.807) is 0 Å². The third-order valence-corrected chi connectivity index (χ3v) is 7.01. The van der Waals surface area contributed by atoms with Crippen molar-refractivity contribution >= 4 is 26.9 Å². The molecule has 1 aliphatic rings. The van der Waals surface area contributed by atoms with Gasteiger partial charge in [-0.05, 0) is 43.2 Å². The fourth-order valence-electron chi connectivity index (χ4n) is 3.51. The Kier molecular flexibility index (Phi) is 5.20. The second-order valence-corrected chi connectivity index (χ2v) is 8.91. The van der Waals surface area contributed by atoms with E-state index in [1.165, 1.54) is 41.7 Å². The van der Waals surface area contributed by atoms with Crippen LogP contribution in [-0.4, -0.2) is 43.3 Å². The molecule has 0 radical (unpaired) electrons. The zero-order chi connectivity index (χ0) is 21.5. The molecule has 0 spiro atoms. The van der Waals surface area contributed by atoms with Crippen LogP contribution in [0.1, 0.15) is 23.2 Å². The van der Waals surface area contributed by atoms with Crippen LogP contribution in [0.2, 0.25) is 0 Å². The molecule has 8 nitrogen and oxygen atoms in total. The summed E-state index contributed by atoms with van der Waals surface area (Å²) in [7, 11) is -2.35. The maximum absolute atomic E-state index is 13.9. The number of oxazole rings is 1. The van der Waals surface area contributed by atoms with Crippen molar-refractivity contribution in [3.8, 4) is 5.75 Å². The lowest BCUT2D eigenvalue weighted by Crippen LogP contribution is -2.27. The van der Waals surface area contributed by atoms with Crippen molar-refractivity contribution in [3.63, 3.8) is 0 Å². The van der Waals surface area contributed by atoms with Crippen molar-refractivity contribution in [3.05, 3.63) is 58.3 Å². The van der Waals surface area contributed by atoms with Gasteiger partial charge in [0.1, 0.15) is 0 Å². The molecule has 30 heavy (non-hydrogen) atoms. The topological polar surface area (TPSA) is 98.8 Å². The number of hydrogen-bond donors (Lipinski definition) is 0. The maximum atomic E-state index is 13.9. The van der Waals surface area contributed by atoms with Gasteiger partial charge in [0, 0.05) is 24.7 Å². The Balaban J connectivity index is 1.65. The number of sulfonamides is 1. The number of benzene rings is 2. The number of ether oxygens (including phenoxy) is 1. The number of fused-ring (bicyclic) bond motifs is 1. The van der Waals surface area contributed by atoms with Gasteiger partial charge in [-0.1, -0.05) is 0 Å². The number of carbonyl (C=O) groups excluding carboxylic acids is 1. The molecule has 1 aliphatic heterocycles. The van der Waals surface area contributed by atoms with Gasteiger partial charge in [-0.25, -0.2) is 17.6 Å². The Hall–Kier alpha value is -2.98. The van der Waals surface area contributed by atoms with E-state index < -0.39 is 27.4 Å². The summed E-state index contributed by atoms with van der Waals surface area (Å²) < 4.78 is 51.8. The van der Waals surface area contributed by atoms with Gasteiger partial charge in [-0.2, -0.15) is 4.31 Å². The molecular weight excluding hydrogens is 415 g/mol. The van der Waals surface area contributed by atoms with Crippen LogP contribution in [0, 0.1) is 5.82 Å². The number of aromatic nitrogens is 1. The molecule has 0 atom stereocenters. The van der Waals surface area contributed by atoms with Crippen LogP contribution >= 0.6 is 0 Å². The molecule has 158 valence electrons. The summed E-state index contributed by atoms with van der Waals surface area (Å²) >= 11 is 0. The van der Waals surface area contributed by atoms with Gasteiger partial charge in [-0.15, -0.1) is 0 Å². The molecule has 0 amide bonds. The molecule has 2 aromatic carbocycles. The summed E-state index contributed by atoms with van der Waals surface area (Å²) in [6, 6.07) is 7.88. The lowest BCUT2D eigenvalue weighted by molar-refractivity contribution is 0.0970. The molecule has 4 rings (SSSR count). The van der Waals surface area contributed by atoms with Crippen molar-refractivity contribution in [2.24, 2.45) is 0 Å². The highest BCUT2D eigenvalue weighted by molar-refractivity contribution is 7.89. The first-order valence-electron chi connectivity index (χ1n) is 9.31. The Morgan fingerprint density at radius 2 is 1.90 bits per heavy atom. The Morgan fingerprint density at radius 3 is 2.57 bits per heavy atom. The monoisotopic (exact) mass is 434 g/mol. The SMILES string of the molecule is COc1ccc(C(=O)Cn2c(=O)oc3cc(S(=O)(=O)N4CCCC4)ccc32)cc1F. The molecule has 0 aliphatic carbocycles. The second kappa shape index (κ2) is 7.69. The molecule has 1 aromatic heterocycles. The predicted molar refractivity (Wildman–Crippen MR) is 106 cm³/mol. The minimum absolute atomic E-state index is 0.00391. The molecule has 3 aromatic rings. The van der Waals surface area contributed by atoms with E-state index in [4.69, 9.17) is 9.15 Å². The quantitative estimate of drug-likeness (QED) is 0.553. The third kappa shape index (κ3) is 3.52. The Labute approximate surface area is 171 Å². The lowest BCUT2D eigenvalue weighted by Gasteiger charge is -2.15. The first-order valence-corrected chi connectivity index (χ1v) is 10.8. The van der Waals surface area contributed by atoms with E-state index in [0.29, 0.717) is 13.1 Å². The molecule has 1 fully saturated rings. The van der Waals surface area contributed by atoms with Gasteiger partial charge in [0.15, 0.2) is 22.9 Å². The summed E-state index contributed by atoms with van der Waals surface area (Å²) in [5.41, 5.74) is 0.416. The van der Waals surface area contributed by atoms with E-state index in [2.05, 4.69) is 0 Å². The molecule has 2 heterocycles. The molecule has 0 N–H and O–H groups in total. The highest BCUT2D eigenvalue weighted by Crippen LogP contribution is 2.25. The summed E-state index contributed by atoms with van der Waals surface area (Å²) in [5, 5.41) is 0. The van der Waals surface area contributed by atoms with Gasteiger partial charge in [0.05, 0.1) is 24.1 Å². The average molecular weight is 434 g/mol. The number of methoxy groups -OCH3 is 1. The van der Waals surface area contributed by atoms with E-state index in [-0.39, 0.29) is 33.9 Å². The Bertz CT molecular complexity index is 1290. The van der Waals surface area contributed by atoms with Gasteiger partial charge < -0.3 is 9.15 Å². The molecule has 0 unspecified atom stereocenters. The van der Waals surface area contributed by atoms with Crippen LogP contribution < -0.4 is 10.5 Å². The maximum Gasteiger partial charge on any atom is 0.420 e. The van der Waals surface area contributed by atoms with Crippen molar-refractivity contribution in [2.45, 2.75) is 24.3 Å². The second-order valence-electron chi connectivity index (χ2n) is 6.97. The van der Waals surface area contributed by atoms with E-state index in [1.807, 2.05) is 0 Å². The summed E-state index contributed by atoms with van der Waals surface area (Å²) in [6.45, 7) is 0.534. The largest absolute Gasteiger partial charge is 0.494 e. The zero-order valence-corrected chi connectivity index (χ0v) is 16.9. The predicted octanol–water partition coefficient (Wildman–Crippen LogP) is 2.41. The highest BCUT2D eigenvalue weighted by Gasteiger charge is 2.28. The minimum atomic E-state index is -3.67. The summed E-state index contributed by atoms with van der Waals surface area (Å²) in [5.74, 6) is -1.99. The number of halogens is 1. The smallest absolute Gasteiger partial charge is 0.420 e. The van der Waals surface area contributed by atoms with Crippen LogP contribution in [0.3, 0.4) is 0 Å². The average Bonchev–Trinajstić information content (AvgIpc) is 3.36. The molecule has 1 saturated heterocycles. The summed E-state index contributed by atoms with van der Waals surface area (Å²) in [4.78, 5) is 24.9.